The summed E-state index contributed by atoms with van der Waals surface area (Å²) >= 11 is 0. The fraction of sp³-hybridized carbons (Fsp3) is 0.323. The molecule has 9 heteroatoms. The van der Waals surface area contributed by atoms with Gasteiger partial charge in [0.1, 0.15) is 17.3 Å². The molecule has 0 spiro atoms. The number of likely N-dealkylation sites (N-methyl/N-ethyl adjacent to an activating group) is 1. The molecule has 4 rings (SSSR count). The van der Waals surface area contributed by atoms with Crippen LogP contribution in [0, 0.1) is 24.6 Å². The first kappa shape index (κ1) is 28.9. The molecule has 1 amide bonds. The van der Waals surface area contributed by atoms with Crippen molar-refractivity contribution in [2.24, 2.45) is 11.8 Å². The van der Waals surface area contributed by atoms with Crippen molar-refractivity contribution in [1.29, 1.82) is 0 Å². The zero-order valence-corrected chi connectivity index (χ0v) is 22.8. The Bertz CT molecular complexity index is 1330. The van der Waals surface area contributed by atoms with Crippen LogP contribution in [0.1, 0.15) is 37.8 Å². The molecule has 1 saturated heterocycles. The third-order valence-electron chi connectivity index (χ3n) is 7.55. The third-order valence-corrected chi connectivity index (χ3v) is 7.55. The Hall–Kier alpha value is -4.08. The molecule has 0 saturated carbocycles. The van der Waals surface area contributed by atoms with E-state index in [1.165, 1.54) is 35.3 Å². The van der Waals surface area contributed by atoms with E-state index in [4.69, 9.17) is 0 Å². The number of amides is 1. The molecule has 0 aliphatic carbocycles. The summed E-state index contributed by atoms with van der Waals surface area (Å²) in [7, 11) is 3.76. The van der Waals surface area contributed by atoms with Crippen molar-refractivity contribution in [1.82, 2.24) is 14.9 Å². The van der Waals surface area contributed by atoms with Gasteiger partial charge in [-0.3, -0.25) is 19.4 Å². The van der Waals surface area contributed by atoms with Gasteiger partial charge in [0.2, 0.25) is 6.41 Å². The predicted octanol–water partition coefficient (Wildman–Crippen LogP) is 3.88. The van der Waals surface area contributed by atoms with Gasteiger partial charge < -0.3 is 15.1 Å². The number of rotatable bonds is 10. The molecule has 0 unspecified atom stereocenters. The quantitative estimate of drug-likeness (QED) is 0.294. The van der Waals surface area contributed by atoms with Gasteiger partial charge in [0, 0.05) is 55.1 Å². The Morgan fingerprint density at radius 1 is 0.900 bits per heavy atom. The molecule has 0 bridgehead atoms. The van der Waals surface area contributed by atoms with Crippen molar-refractivity contribution in [3.63, 3.8) is 0 Å². The van der Waals surface area contributed by atoms with Crippen LogP contribution in [0.2, 0.25) is 0 Å². The zero-order chi connectivity index (χ0) is 29.0. The summed E-state index contributed by atoms with van der Waals surface area (Å²) in [5.41, 5.74) is 1.37. The molecular formula is C31H34FN3O5. The number of Topliss-reactive ketones (excluding diaryl/α,β-unsaturated/α-hetero) is 2. The maximum atomic E-state index is 14.9. The van der Waals surface area contributed by atoms with Crippen LogP contribution in [0.15, 0.2) is 66.7 Å². The molecule has 0 aromatic heterocycles. The molecule has 210 valence electrons. The number of hydrazine groups is 1. The average molecular weight is 548 g/mol. The van der Waals surface area contributed by atoms with Crippen molar-refractivity contribution < 1.29 is 29.0 Å². The van der Waals surface area contributed by atoms with Crippen LogP contribution >= 0.6 is 0 Å². The number of hydrogen-bond donors (Lipinski definition) is 2. The lowest BCUT2D eigenvalue weighted by Gasteiger charge is -2.46. The lowest BCUT2D eigenvalue weighted by atomic mass is 9.68. The number of carbonyl (C=O) groups is 3. The number of hydrogen-bond acceptors (Lipinski definition) is 7. The number of phenolic OH excluding ortho intramolecular Hbond substituents is 2. The van der Waals surface area contributed by atoms with Gasteiger partial charge in [-0.25, -0.2) is 9.40 Å². The monoisotopic (exact) mass is 547 g/mol. The summed E-state index contributed by atoms with van der Waals surface area (Å²) in [5.74, 6) is -3.72. The molecule has 1 aliphatic heterocycles. The van der Waals surface area contributed by atoms with Crippen LogP contribution in [0.3, 0.4) is 0 Å². The third kappa shape index (κ3) is 6.21. The number of aromatic hydroxyl groups is 2. The van der Waals surface area contributed by atoms with Crippen LogP contribution in [0.4, 0.5) is 4.39 Å². The van der Waals surface area contributed by atoms with E-state index >= 15 is 0 Å². The van der Waals surface area contributed by atoms with Crippen LogP contribution in [0.5, 0.6) is 11.5 Å². The lowest BCUT2D eigenvalue weighted by molar-refractivity contribution is -0.140. The zero-order valence-electron chi connectivity index (χ0n) is 22.8. The van der Waals surface area contributed by atoms with Gasteiger partial charge in [0.15, 0.2) is 11.6 Å². The van der Waals surface area contributed by atoms with Gasteiger partial charge in [-0.05, 0) is 62.5 Å². The molecule has 1 fully saturated rings. The van der Waals surface area contributed by atoms with Crippen LogP contribution in [-0.2, 0) is 4.79 Å². The largest absolute Gasteiger partial charge is 0.508 e. The number of benzene rings is 3. The smallest absolute Gasteiger partial charge is 0.224 e. The fourth-order valence-electron chi connectivity index (χ4n) is 5.47. The molecular weight excluding hydrogens is 513 g/mol. The van der Waals surface area contributed by atoms with Gasteiger partial charge in [-0.1, -0.05) is 36.4 Å². The highest BCUT2D eigenvalue weighted by molar-refractivity contribution is 6.02. The highest BCUT2D eigenvalue weighted by atomic mass is 19.1. The molecule has 1 aliphatic rings. The van der Waals surface area contributed by atoms with Crippen molar-refractivity contribution in [3.05, 3.63) is 94.8 Å². The second-order valence-corrected chi connectivity index (χ2v) is 10.5. The highest BCUT2D eigenvalue weighted by Crippen LogP contribution is 2.43. The normalized spacial score (nSPS) is 18.0. The van der Waals surface area contributed by atoms with E-state index in [0.717, 1.165) is 0 Å². The SMILES string of the molecule is Cc1c(F)cccc1C1[C@@H](C(=O)c2cccc(O)c2)CN(N(C=O)CCN(C)C)C[C@@H]1C(=O)c1cccc(O)c1. The molecule has 3 aromatic rings. The minimum absolute atomic E-state index is 0.0788. The van der Waals surface area contributed by atoms with Gasteiger partial charge in [-0.15, -0.1) is 0 Å². The molecule has 2 N–H and O–H groups in total. The molecule has 2 atom stereocenters. The van der Waals surface area contributed by atoms with Crippen molar-refractivity contribution >= 4 is 18.0 Å². The Morgan fingerprint density at radius 3 is 1.90 bits per heavy atom. The Morgan fingerprint density at radius 2 is 1.43 bits per heavy atom. The van der Waals surface area contributed by atoms with Crippen molar-refractivity contribution in [3.8, 4) is 11.5 Å². The summed E-state index contributed by atoms with van der Waals surface area (Å²) in [6, 6.07) is 16.6. The van der Waals surface area contributed by atoms with Gasteiger partial charge in [0.25, 0.3) is 0 Å². The summed E-state index contributed by atoms with van der Waals surface area (Å²) in [4.78, 5) is 42.4. The van der Waals surface area contributed by atoms with Crippen molar-refractivity contribution in [2.75, 3.05) is 40.3 Å². The number of nitrogens with zero attached hydrogens (tertiary/aromatic N) is 3. The van der Waals surface area contributed by atoms with E-state index in [9.17, 15) is 29.0 Å². The summed E-state index contributed by atoms with van der Waals surface area (Å²) < 4.78 is 14.9. The van der Waals surface area contributed by atoms with E-state index in [0.29, 0.717) is 30.6 Å². The van der Waals surface area contributed by atoms with Crippen LogP contribution in [0.25, 0.3) is 0 Å². The van der Waals surface area contributed by atoms with Crippen LogP contribution in [-0.4, -0.2) is 83.4 Å². The standard InChI is InChI=1S/C31H34FN3O5/c1-20-25(11-6-12-28(20)32)29-26(30(39)21-7-4-9-23(37)15-21)17-35(34(19-36)14-13-33(2)3)18-27(29)31(40)22-8-5-10-24(38)16-22/h4-12,15-16,19,26-27,29,37-38H,13-14,17-18H2,1-3H3/t26-,27-/m0/s1. The second-order valence-electron chi connectivity index (χ2n) is 10.5. The number of phenols is 2. The summed E-state index contributed by atoms with van der Waals surface area (Å²) in [6.07, 6.45) is 0.684. The minimum Gasteiger partial charge on any atom is -0.508 e. The predicted molar refractivity (Wildman–Crippen MR) is 149 cm³/mol. The van der Waals surface area contributed by atoms with E-state index in [2.05, 4.69) is 0 Å². The van der Waals surface area contributed by atoms with E-state index in [-0.39, 0.29) is 47.3 Å². The first-order chi connectivity index (χ1) is 19.1. The van der Waals surface area contributed by atoms with Crippen molar-refractivity contribution in [2.45, 2.75) is 12.8 Å². The summed E-state index contributed by atoms with van der Waals surface area (Å²) in [6.45, 7) is 2.71. The first-order valence-electron chi connectivity index (χ1n) is 13.1. The minimum atomic E-state index is -0.857. The Balaban J connectivity index is 1.88. The van der Waals surface area contributed by atoms with E-state index in [1.807, 2.05) is 19.0 Å². The molecule has 1 heterocycles. The van der Waals surface area contributed by atoms with Gasteiger partial charge >= 0.3 is 0 Å². The molecule has 0 radical (unpaired) electrons. The number of ketones is 2. The number of piperidine rings is 1. The van der Waals surface area contributed by atoms with E-state index in [1.54, 1.807) is 48.3 Å². The first-order valence-corrected chi connectivity index (χ1v) is 13.1. The fourth-order valence-corrected chi connectivity index (χ4v) is 5.47. The van der Waals surface area contributed by atoms with Crippen LogP contribution < -0.4 is 0 Å². The van der Waals surface area contributed by atoms with Gasteiger partial charge in [0.05, 0.1) is 0 Å². The Labute approximate surface area is 233 Å². The molecule has 8 nitrogen and oxygen atoms in total. The second kappa shape index (κ2) is 12.4. The maximum absolute atomic E-state index is 14.9. The van der Waals surface area contributed by atoms with Gasteiger partial charge in [-0.2, -0.15) is 0 Å². The topological polar surface area (TPSA) is 101 Å². The molecule has 40 heavy (non-hydrogen) atoms. The molecule has 3 aromatic carbocycles. The number of halogens is 1. The average Bonchev–Trinajstić information content (AvgIpc) is 2.93. The summed E-state index contributed by atoms with van der Waals surface area (Å²) in [5, 5.41) is 23.4. The lowest BCUT2D eigenvalue weighted by Crippen LogP contribution is -2.57. The Kier molecular flexibility index (Phi) is 8.96. The maximum Gasteiger partial charge on any atom is 0.224 e. The highest BCUT2D eigenvalue weighted by Gasteiger charge is 2.46. The van der Waals surface area contributed by atoms with E-state index < -0.39 is 23.6 Å². The number of carbonyl (C=O) groups excluding carboxylic acids is 3.